The number of rotatable bonds is 7. The number of piperidine rings is 1. The van der Waals surface area contributed by atoms with Crippen LogP contribution in [0.25, 0.3) is 0 Å². The number of alkyl halides is 3. The average molecular weight is 370 g/mol. The maximum atomic E-state index is 12.3. The third kappa shape index (κ3) is 4.90. The van der Waals surface area contributed by atoms with Gasteiger partial charge in [0.15, 0.2) is 0 Å². The Kier molecular flexibility index (Phi) is 5.46. The van der Waals surface area contributed by atoms with Crippen LogP contribution in [-0.2, 0) is 0 Å². The van der Waals surface area contributed by atoms with Crippen LogP contribution in [0, 0.1) is 23.7 Å². The number of likely N-dealkylation sites (tertiary alicyclic amines) is 1. The van der Waals surface area contributed by atoms with Crippen LogP contribution in [0.5, 0.6) is 5.75 Å². The summed E-state index contributed by atoms with van der Waals surface area (Å²) in [5, 5.41) is 2.85. The highest BCUT2D eigenvalue weighted by Gasteiger charge is 2.54. The van der Waals surface area contributed by atoms with Gasteiger partial charge in [-0.2, -0.15) is 0 Å². The highest BCUT2D eigenvalue weighted by atomic mass is 19.4. The molecule has 1 aromatic carbocycles. The van der Waals surface area contributed by atoms with Gasteiger partial charge in [0.2, 0.25) is 0 Å². The predicted octanol–water partition coefficient (Wildman–Crippen LogP) is 3.54. The van der Waals surface area contributed by atoms with Crippen LogP contribution in [0.3, 0.4) is 0 Å². The smallest absolute Gasteiger partial charge is 0.406 e. The maximum absolute atomic E-state index is 12.3. The van der Waals surface area contributed by atoms with E-state index in [1.54, 1.807) is 0 Å². The molecule has 1 N–H and O–H groups in total. The maximum Gasteiger partial charge on any atom is 0.573 e. The number of nitrogens with zero attached hydrogens (tertiary/aromatic N) is 1. The number of carbonyl (C=O) groups excluding carboxylic acids is 1. The summed E-state index contributed by atoms with van der Waals surface area (Å²) in [4.78, 5) is 14.7. The average Bonchev–Trinajstić information content (AvgIpc) is 2.99. The first kappa shape index (κ1) is 19.0. The molecule has 26 heavy (non-hydrogen) atoms. The summed E-state index contributed by atoms with van der Waals surface area (Å²) in [7, 11) is 0. The molecule has 1 aromatic rings. The third-order valence-corrected chi connectivity index (χ3v) is 5.30. The van der Waals surface area contributed by atoms with Gasteiger partial charge in [-0.25, -0.2) is 0 Å². The summed E-state index contributed by atoms with van der Waals surface area (Å²) >= 11 is 0. The first-order valence-corrected chi connectivity index (χ1v) is 9.09. The van der Waals surface area contributed by atoms with E-state index >= 15 is 0 Å². The van der Waals surface area contributed by atoms with Gasteiger partial charge in [-0.05, 0) is 54.8 Å². The lowest BCUT2D eigenvalue weighted by Crippen LogP contribution is -2.31. The molecule has 0 spiro atoms. The first-order chi connectivity index (χ1) is 12.2. The molecule has 2 unspecified atom stereocenters. The number of halogens is 3. The van der Waals surface area contributed by atoms with Crippen LogP contribution in [-0.4, -0.2) is 43.3 Å². The molecule has 1 saturated heterocycles. The zero-order valence-corrected chi connectivity index (χ0v) is 15.1. The van der Waals surface area contributed by atoms with Crippen molar-refractivity contribution in [1.82, 2.24) is 10.2 Å². The van der Waals surface area contributed by atoms with E-state index in [4.69, 9.17) is 0 Å². The van der Waals surface area contributed by atoms with Crippen LogP contribution in [0.15, 0.2) is 24.3 Å². The topological polar surface area (TPSA) is 41.6 Å². The number of ether oxygens (including phenoxy) is 1. The van der Waals surface area contributed by atoms with E-state index in [1.165, 1.54) is 24.6 Å². The minimum absolute atomic E-state index is 0.177. The Morgan fingerprint density at radius 1 is 1.31 bits per heavy atom. The quantitative estimate of drug-likeness (QED) is 0.798. The number of benzene rings is 1. The minimum atomic E-state index is -4.76. The van der Waals surface area contributed by atoms with E-state index in [-0.39, 0.29) is 17.2 Å². The molecule has 2 aliphatic rings. The van der Waals surface area contributed by atoms with Crippen molar-refractivity contribution in [2.24, 2.45) is 23.7 Å². The second-order valence-electron chi connectivity index (χ2n) is 7.72. The van der Waals surface area contributed by atoms with E-state index in [9.17, 15) is 18.0 Å². The standard InChI is InChI=1S/C19H25F3N2O2/c1-12(2)6-7-24-10-16-15(17(16)11-24)9-23-18(25)13-4-3-5-14(8-13)26-19(20,21)22/h3-5,8,12,15-17H,6-7,9-11H2,1-2H3,(H,23,25). The zero-order chi connectivity index (χ0) is 18.9. The fourth-order valence-electron chi connectivity index (χ4n) is 3.81. The van der Waals surface area contributed by atoms with Gasteiger partial charge >= 0.3 is 6.36 Å². The third-order valence-electron chi connectivity index (χ3n) is 5.30. The molecule has 2 atom stereocenters. The van der Waals surface area contributed by atoms with Crippen molar-refractivity contribution in [3.05, 3.63) is 29.8 Å². The Bertz CT molecular complexity index is 636. The molecule has 4 nitrogen and oxygen atoms in total. The van der Waals surface area contributed by atoms with E-state index in [1.807, 2.05) is 0 Å². The van der Waals surface area contributed by atoms with Crippen LogP contribution in [0.2, 0.25) is 0 Å². The second-order valence-corrected chi connectivity index (χ2v) is 7.72. The summed E-state index contributed by atoms with van der Waals surface area (Å²) in [6.07, 6.45) is -3.56. The molecule has 1 amide bonds. The Balaban J connectivity index is 1.43. The van der Waals surface area contributed by atoms with E-state index in [0.29, 0.717) is 30.2 Å². The molecule has 7 heteroatoms. The summed E-state index contributed by atoms with van der Waals surface area (Å²) < 4.78 is 40.7. The molecule has 1 heterocycles. The Morgan fingerprint density at radius 2 is 2.00 bits per heavy atom. The van der Waals surface area contributed by atoms with Crippen LogP contribution in [0.4, 0.5) is 13.2 Å². The van der Waals surface area contributed by atoms with Crippen molar-refractivity contribution in [2.45, 2.75) is 26.6 Å². The summed E-state index contributed by atoms with van der Waals surface area (Å²) in [5.74, 6) is 1.74. The molecule has 3 rings (SSSR count). The van der Waals surface area contributed by atoms with E-state index in [2.05, 4.69) is 28.8 Å². The van der Waals surface area contributed by atoms with Gasteiger partial charge in [-0.15, -0.1) is 13.2 Å². The summed E-state index contributed by atoms with van der Waals surface area (Å²) in [6.45, 7) is 8.35. The molecule has 1 aliphatic carbocycles. The zero-order valence-electron chi connectivity index (χ0n) is 15.1. The van der Waals surface area contributed by atoms with Crippen molar-refractivity contribution < 1.29 is 22.7 Å². The van der Waals surface area contributed by atoms with Crippen LogP contribution in [0.1, 0.15) is 30.6 Å². The fourth-order valence-corrected chi connectivity index (χ4v) is 3.81. The molecular weight excluding hydrogens is 345 g/mol. The van der Waals surface area contributed by atoms with Crippen LogP contribution < -0.4 is 10.1 Å². The summed E-state index contributed by atoms with van der Waals surface area (Å²) in [6, 6.07) is 5.17. The molecule has 144 valence electrons. The van der Waals surface area contributed by atoms with Gasteiger partial charge in [0.25, 0.3) is 5.91 Å². The normalized spacial score (nSPS) is 25.2. The highest BCUT2D eigenvalue weighted by Crippen LogP contribution is 2.51. The Morgan fingerprint density at radius 3 is 2.62 bits per heavy atom. The van der Waals surface area contributed by atoms with Gasteiger partial charge < -0.3 is 15.0 Å². The number of hydrogen-bond donors (Lipinski definition) is 1. The first-order valence-electron chi connectivity index (χ1n) is 9.09. The SMILES string of the molecule is CC(C)CCN1CC2C(CNC(=O)c3cccc(OC(F)(F)F)c3)C2C1. The number of carbonyl (C=O) groups is 1. The largest absolute Gasteiger partial charge is 0.573 e. The lowest BCUT2D eigenvalue weighted by atomic mass is 10.1. The Hall–Kier alpha value is -1.76. The molecule has 0 bridgehead atoms. The van der Waals surface area contributed by atoms with Crippen molar-refractivity contribution in [1.29, 1.82) is 0 Å². The van der Waals surface area contributed by atoms with Gasteiger partial charge in [-0.3, -0.25) is 4.79 Å². The van der Waals surface area contributed by atoms with Crippen molar-refractivity contribution >= 4 is 5.91 Å². The highest BCUT2D eigenvalue weighted by molar-refractivity contribution is 5.94. The number of amides is 1. The fraction of sp³-hybridized carbons (Fsp3) is 0.632. The lowest BCUT2D eigenvalue weighted by Gasteiger charge is -2.20. The van der Waals surface area contributed by atoms with Crippen molar-refractivity contribution in [3.8, 4) is 5.75 Å². The number of nitrogens with one attached hydrogen (secondary N) is 1. The predicted molar refractivity (Wildman–Crippen MR) is 91.8 cm³/mol. The molecular formula is C19H25F3N2O2. The molecule has 1 aliphatic heterocycles. The van der Waals surface area contributed by atoms with Gasteiger partial charge in [0.1, 0.15) is 5.75 Å². The van der Waals surface area contributed by atoms with Gasteiger partial charge in [0, 0.05) is 25.2 Å². The van der Waals surface area contributed by atoms with Gasteiger partial charge in [-0.1, -0.05) is 19.9 Å². The molecule has 2 fully saturated rings. The summed E-state index contributed by atoms with van der Waals surface area (Å²) in [5.41, 5.74) is 0.177. The molecule has 1 saturated carbocycles. The molecule has 0 radical (unpaired) electrons. The van der Waals surface area contributed by atoms with Gasteiger partial charge in [0.05, 0.1) is 0 Å². The molecule has 0 aromatic heterocycles. The Labute approximate surface area is 151 Å². The van der Waals surface area contributed by atoms with E-state index < -0.39 is 6.36 Å². The van der Waals surface area contributed by atoms with Crippen LogP contribution >= 0.6 is 0 Å². The minimum Gasteiger partial charge on any atom is -0.406 e. The second kappa shape index (κ2) is 7.47. The lowest BCUT2D eigenvalue weighted by molar-refractivity contribution is -0.274. The number of hydrogen-bond acceptors (Lipinski definition) is 3. The number of fused-ring (bicyclic) bond motifs is 1. The monoisotopic (exact) mass is 370 g/mol. The van der Waals surface area contributed by atoms with Crippen molar-refractivity contribution in [2.75, 3.05) is 26.2 Å². The van der Waals surface area contributed by atoms with E-state index in [0.717, 1.165) is 25.7 Å². The van der Waals surface area contributed by atoms with Crippen molar-refractivity contribution in [3.63, 3.8) is 0 Å².